The highest BCUT2D eigenvalue weighted by atomic mass is 16.5. The summed E-state index contributed by atoms with van der Waals surface area (Å²) in [5.41, 5.74) is 7.75. The predicted octanol–water partition coefficient (Wildman–Crippen LogP) is 3.34. The van der Waals surface area contributed by atoms with Gasteiger partial charge in [0, 0.05) is 18.0 Å². The normalized spacial score (nSPS) is 27.3. The molecule has 1 aromatic carbocycles. The van der Waals surface area contributed by atoms with Crippen LogP contribution in [-0.4, -0.2) is 10.1 Å². The van der Waals surface area contributed by atoms with Gasteiger partial charge >= 0.3 is 0 Å². The summed E-state index contributed by atoms with van der Waals surface area (Å²) < 4.78 is 5.44. The number of anilines is 1. The van der Waals surface area contributed by atoms with Crippen LogP contribution in [0.2, 0.25) is 0 Å². The van der Waals surface area contributed by atoms with Gasteiger partial charge in [0.25, 0.3) is 0 Å². The number of hydrogen-bond donors (Lipinski definition) is 1. The van der Waals surface area contributed by atoms with Crippen molar-refractivity contribution in [1.82, 2.24) is 10.1 Å². The van der Waals surface area contributed by atoms with Crippen LogP contribution < -0.4 is 5.73 Å². The molecule has 1 heterocycles. The van der Waals surface area contributed by atoms with E-state index in [0.29, 0.717) is 5.92 Å². The summed E-state index contributed by atoms with van der Waals surface area (Å²) in [7, 11) is 0. The van der Waals surface area contributed by atoms with E-state index in [1.165, 1.54) is 31.2 Å². The van der Waals surface area contributed by atoms with Crippen LogP contribution in [0.25, 0.3) is 0 Å². The Morgan fingerprint density at radius 3 is 2.67 bits per heavy atom. The Morgan fingerprint density at radius 1 is 1.10 bits per heavy atom. The predicted molar refractivity (Wildman–Crippen MR) is 80.7 cm³/mol. The molecular weight excluding hydrogens is 262 g/mol. The maximum atomic E-state index is 5.70. The van der Waals surface area contributed by atoms with E-state index >= 15 is 0 Å². The molecule has 4 nitrogen and oxygen atoms in total. The summed E-state index contributed by atoms with van der Waals surface area (Å²) in [5.74, 6) is 3.99. The fourth-order valence-corrected chi connectivity index (χ4v) is 4.02. The third kappa shape index (κ3) is 2.55. The van der Waals surface area contributed by atoms with Crippen LogP contribution in [0.15, 0.2) is 28.8 Å². The standard InChI is InChI=1S/C17H21N3O/c18-14-6-2-11(3-7-14)4-8-16-19-17(20-21-16)15-10-12-1-5-13(15)9-12/h2-3,6-7,12-13,15H,1,4-5,8-10,18H2. The maximum Gasteiger partial charge on any atom is 0.226 e. The van der Waals surface area contributed by atoms with Crippen LogP contribution in [0.4, 0.5) is 5.69 Å². The molecule has 4 heteroatoms. The van der Waals surface area contributed by atoms with Crippen molar-refractivity contribution in [1.29, 1.82) is 0 Å². The van der Waals surface area contributed by atoms with E-state index in [-0.39, 0.29) is 0 Å². The second-order valence-corrected chi connectivity index (χ2v) is 6.57. The number of benzene rings is 1. The Kier molecular flexibility index (Phi) is 3.17. The van der Waals surface area contributed by atoms with Crippen LogP contribution in [0.1, 0.15) is 48.9 Å². The molecule has 2 fully saturated rings. The first kappa shape index (κ1) is 12.9. The average molecular weight is 283 g/mol. The van der Waals surface area contributed by atoms with Gasteiger partial charge in [0.15, 0.2) is 5.82 Å². The smallest absolute Gasteiger partial charge is 0.226 e. The van der Waals surface area contributed by atoms with Gasteiger partial charge < -0.3 is 10.3 Å². The highest BCUT2D eigenvalue weighted by Crippen LogP contribution is 2.52. The molecule has 2 bridgehead atoms. The molecule has 110 valence electrons. The summed E-state index contributed by atoms with van der Waals surface area (Å²) in [6.07, 6.45) is 7.12. The Morgan fingerprint density at radius 2 is 1.95 bits per heavy atom. The molecule has 0 aliphatic heterocycles. The molecule has 2 aliphatic carbocycles. The van der Waals surface area contributed by atoms with Gasteiger partial charge in [-0.15, -0.1) is 0 Å². The molecule has 21 heavy (non-hydrogen) atoms. The van der Waals surface area contributed by atoms with Gasteiger partial charge in [-0.05, 0) is 55.2 Å². The van der Waals surface area contributed by atoms with E-state index in [1.807, 2.05) is 12.1 Å². The average Bonchev–Trinajstić information content (AvgIpc) is 3.22. The molecule has 3 atom stereocenters. The number of nitrogen functional groups attached to an aromatic ring is 1. The fraction of sp³-hybridized carbons (Fsp3) is 0.529. The summed E-state index contributed by atoms with van der Waals surface area (Å²) >= 11 is 0. The zero-order valence-electron chi connectivity index (χ0n) is 12.2. The SMILES string of the molecule is Nc1ccc(CCc2nc(C3CC4CCC3C4)no2)cc1. The first-order valence-electron chi connectivity index (χ1n) is 7.95. The van der Waals surface area contributed by atoms with Crippen LogP contribution in [0.5, 0.6) is 0 Å². The molecule has 0 amide bonds. The van der Waals surface area contributed by atoms with Gasteiger partial charge in [0.2, 0.25) is 5.89 Å². The number of hydrogen-bond acceptors (Lipinski definition) is 4. The van der Waals surface area contributed by atoms with E-state index in [9.17, 15) is 0 Å². The quantitative estimate of drug-likeness (QED) is 0.874. The van der Waals surface area contributed by atoms with Crippen LogP contribution in [0, 0.1) is 11.8 Å². The van der Waals surface area contributed by atoms with E-state index in [2.05, 4.69) is 22.3 Å². The molecule has 0 spiro atoms. The molecule has 2 aromatic rings. The molecule has 0 saturated heterocycles. The lowest BCUT2D eigenvalue weighted by molar-refractivity contribution is 0.351. The number of nitrogens with two attached hydrogens (primary N) is 1. The Hall–Kier alpha value is -1.84. The second-order valence-electron chi connectivity index (χ2n) is 6.57. The summed E-state index contributed by atoms with van der Waals surface area (Å²) in [5, 5.41) is 4.24. The third-order valence-corrected chi connectivity index (χ3v) is 5.16. The maximum absolute atomic E-state index is 5.70. The molecule has 1 aromatic heterocycles. The van der Waals surface area contributed by atoms with Crippen molar-refractivity contribution in [2.75, 3.05) is 5.73 Å². The van der Waals surface area contributed by atoms with E-state index in [4.69, 9.17) is 10.3 Å². The zero-order valence-corrected chi connectivity index (χ0v) is 12.2. The minimum atomic E-state index is 0.553. The Labute approximate surface area is 124 Å². The number of nitrogens with zero attached hydrogens (tertiary/aromatic N) is 2. The lowest BCUT2D eigenvalue weighted by Crippen LogP contribution is -2.10. The topological polar surface area (TPSA) is 64.9 Å². The van der Waals surface area contributed by atoms with E-state index < -0.39 is 0 Å². The second kappa shape index (κ2) is 5.17. The minimum Gasteiger partial charge on any atom is -0.399 e. The molecular formula is C17H21N3O. The molecule has 2 aliphatic rings. The van der Waals surface area contributed by atoms with Gasteiger partial charge in [-0.2, -0.15) is 4.98 Å². The lowest BCUT2D eigenvalue weighted by Gasteiger charge is -2.17. The number of fused-ring (bicyclic) bond motifs is 2. The van der Waals surface area contributed by atoms with E-state index in [1.54, 1.807) is 0 Å². The van der Waals surface area contributed by atoms with Crippen LogP contribution in [-0.2, 0) is 12.8 Å². The minimum absolute atomic E-state index is 0.553. The number of rotatable bonds is 4. The summed E-state index contributed by atoms with van der Waals surface area (Å²) in [6.45, 7) is 0. The molecule has 3 unspecified atom stereocenters. The first-order valence-corrected chi connectivity index (χ1v) is 7.95. The van der Waals surface area contributed by atoms with Gasteiger partial charge in [0.1, 0.15) is 0 Å². The molecule has 2 N–H and O–H groups in total. The largest absolute Gasteiger partial charge is 0.399 e. The monoisotopic (exact) mass is 283 g/mol. The van der Waals surface area contributed by atoms with Crippen molar-refractivity contribution in [3.63, 3.8) is 0 Å². The van der Waals surface area contributed by atoms with Crippen molar-refractivity contribution >= 4 is 5.69 Å². The zero-order chi connectivity index (χ0) is 14.2. The summed E-state index contributed by atoms with van der Waals surface area (Å²) in [4.78, 5) is 4.64. The van der Waals surface area contributed by atoms with Gasteiger partial charge in [-0.1, -0.05) is 23.7 Å². The number of aryl methyl sites for hydroxylation is 2. The van der Waals surface area contributed by atoms with E-state index in [0.717, 1.165) is 42.1 Å². The number of aromatic nitrogens is 2. The first-order chi connectivity index (χ1) is 10.3. The van der Waals surface area contributed by atoms with Gasteiger partial charge in [0.05, 0.1) is 0 Å². The summed E-state index contributed by atoms with van der Waals surface area (Å²) in [6, 6.07) is 7.98. The van der Waals surface area contributed by atoms with Crippen molar-refractivity contribution < 1.29 is 4.52 Å². The van der Waals surface area contributed by atoms with Crippen LogP contribution in [0.3, 0.4) is 0 Å². The molecule has 2 saturated carbocycles. The van der Waals surface area contributed by atoms with Crippen LogP contribution >= 0.6 is 0 Å². The Bertz CT molecular complexity index is 619. The van der Waals surface area contributed by atoms with Crippen molar-refractivity contribution in [2.24, 2.45) is 11.8 Å². The molecule has 0 radical (unpaired) electrons. The highest BCUT2D eigenvalue weighted by Gasteiger charge is 2.42. The Balaban J connectivity index is 1.39. The van der Waals surface area contributed by atoms with Crippen molar-refractivity contribution in [3.05, 3.63) is 41.5 Å². The van der Waals surface area contributed by atoms with Crippen molar-refractivity contribution in [3.8, 4) is 0 Å². The van der Waals surface area contributed by atoms with Gasteiger partial charge in [-0.25, -0.2) is 0 Å². The highest BCUT2D eigenvalue weighted by molar-refractivity contribution is 5.39. The lowest BCUT2D eigenvalue weighted by atomic mass is 9.88. The fourth-order valence-electron chi connectivity index (χ4n) is 4.02. The molecule has 4 rings (SSSR count). The van der Waals surface area contributed by atoms with Gasteiger partial charge in [-0.3, -0.25) is 0 Å². The third-order valence-electron chi connectivity index (χ3n) is 5.16. The van der Waals surface area contributed by atoms with Crippen molar-refractivity contribution in [2.45, 2.75) is 44.4 Å².